The van der Waals surface area contributed by atoms with Gasteiger partial charge in [-0.25, -0.2) is 4.99 Å². The summed E-state index contributed by atoms with van der Waals surface area (Å²) in [7, 11) is 8.16. The molecular formula is C23H32N4O4. The number of benzene rings is 2. The molecule has 2 rings (SSSR count). The van der Waals surface area contributed by atoms with Crippen molar-refractivity contribution in [2.75, 3.05) is 42.0 Å². The van der Waals surface area contributed by atoms with Gasteiger partial charge in [-0.05, 0) is 30.2 Å². The lowest BCUT2D eigenvalue weighted by molar-refractivity contribution is -0.127. The van der Waals surface area contributed by atoms with Gasteiger partial charge in [-0.2, -0.15) is 0 Å². The summed E-state index contributed by atoms with van der Waals surface area (Å²) in [5.41, 5.74) is 1.99. The lowest BCUT2D eigenvalue weighted by Crippen LogP contribution is -2.43. The van der Waals surface area contributed by atoms with Crippen molar-refractivity contribution < 1.29 is 19.0 Å². The number of nitrogens with one attached hydrogen (secondary N) is 2. The first kappa shape index (κ1) is 23.9. The van der Waals surface area contributed by atoms with Gasteiger partial charge in [0.05, 0.1) is 40.5 Å². The molecule has 1 atom stereocenters. The Kier molecular flexibility index (Phi) is 8.99. The van der Waals surface area contributed by atoms with Gasteiger partial charge >= 0.3 is 0 Å². The first-order valence-corrected chi connectivity index (χ1v) is 9.98. The van der Waals surface area contributed by atoms with Crippen LogP contribution in [0.3, 0.4) is 0 Å². The van der Waals surface area contributed by atoms with Crippen molar-refractivity contribution in [2.24, 2.45) is 4.99 Å². The zero-order valence-corrected chi connectivity index (χ0v) is 19.1. The van der Waals surface area contributed by atoms with Crippen LogP contribution in [0.4, 0.5) is 0 Å². The van der Waals surface area contributed by atoms with Crippen LogP contribution >= 0.6 is 0 Å². The fraction of sp³-hybridized carbons (Fsp3) is 0.391. The van der Waals surface area contributed by atoms with Gasteiger partial charge in [0, 0.05) is 14.1 Å². The Morgan fingerprint density at radius 2 is 1.65 bits per heavy atom. The Morgan fingerprint density at radius 1 is 1.03 bits per heavy atom. The average molecular weight is 429 g/mol. The number of aliphatic imine (C=N–C) groups is 1. The smallest absolute Gasteiger partial charge is 0.241 e. The van der Waals surface area contributed by atoms with Crippen LogP contribution in [0.1, 0.15) is 24.1 Å². The van der Waals surface area contributed by atoms with E-state index >= 15 is 0 Å². The van der Waals surface area contributed by atoms with E-state index in [1.165, 1.54) is 4.90 Å². The van der Waals surface area contributed by atoms with Gasteiger partial charge in [-0.3, -0.25) is 4.79 Å². The second-order valence-corrected chi connectivity index (χ2v) is 7.12. The highest BCUT2D eigenvalue weighted by Gasteiger charge is 2.14. The van der Waals surface area contributed by atoms with Crippen LogP contribution in [0.2, 0.25) is 0 Å². The molecular weight excluding hydrogens is 396 g/mol. The summed E-state index contributed by atoms with van der Waals surface area (Å²) < 4.78 is 16.2. The van der Waals surface area contributed by atoms with Crippen molar-refractivity contribution in [1.29, 1.82) is 0 Å². The minimum atomic E-state index is -0.0466. The Morgan fingerprint density at radius 3 is 2.16 bits per heavy atom. The van der Waals surface area contributed by atoms with E-state index in [0.29, 0.717) is 29.8 Å². The van der Waals surface area contributed by atoms with Crippen molar-refractivity contribution in [1.82, 2.24) is 15.5 Å². The zero-order chi connectivity index (χ0) is 22.8. The number of ether oxygens (including phenoxy) is 3. The molecule has 0 aliphatic rings. The molecule has 0 radical (unpaired) electrons. The number of hydrogen-bond acceptors (Lipinski definition) is 5. The number of carbonyl (C=O) groups is 1. The molecule has 2 aromatic rings. The third-order valence-corrected chi connectivity index (χ3v) is 4.70. The monoisotopic (exact) mass is 428 g/mol. The van der Waals surface area contributed by atoms with E-state index in [1.807, 2.05) is 49.4 Å². The van der Waals surface area contributed by atoms with E-state index in [1.54, 1.807) is 35.4 Å². The average Bonchev–Trinajstić information content (AvgIpc) is 2.79. The highest BCUT2D eigenvalue weighted by Crippen LogP contribution is 2.38. The number of likely N-dealkylation sites (N-methyl/N-ethyl adjacent to an activating group) is 1. The molecule has 0 fully saturated rings. The van der Waals surface area contributed by atoms with Crippen molar-refractivity contribution >= 4 is 11.9 Å². The largest absolute Gasteiger partial charge is 0.493 e. The van der Waals surface area contributed by atoms with E-state index < -0.39 is 0 Å². The lowest BCUT2D eigenvalue weighted by Gasteiger charge is -2.20. The summed E-state index contributed by atoms with van der Waals surface area (Å²) in [6.45, 7) is 2.53. The number of amides is 1. The molecule has 2 aromatic carbocycles. The maximum absolute atomic E-state index is 12.0. The molecule has 1 amide bonds. The summed E-state index contributed by atoms with van der Waals surface area (Å²) in [4.78, 5) is 18.2. The molecule has 2 N–H and O–H groups in total. The molecule has 0 saturated heterocycles. The highest BCUT2D eigenvalue weighted by atomic mass is 16.5. The van der Waals surface area contributed by atoms with Crippen LogP contribution in [0.25, 0.3) is 0 Å². The second-order valence-electron chi connectivity index (χ2n) is 7.12. The lowest BCUT2D eigenvalue weighted by atomic mass is 10.1. The van der Waals surface area contributed by atoms with Crippen molar-refractivity contribution in [3.8, 4) is 17.2 Å². The summed E-state index contributed by atoms with van der Waals surface area (Å²) in [6, 6.07) is 13.7. The number of nitrogens with zero attached hydrogens (tertiary/aromatic N) is 2. The maximum atomic E-state index is 12.0. The molecule has 0 bridgehead atoms. The summed E-state index contributed by atoms with van der Waals surface area (Å²) in [5.74, 6) is 2.14. The molecule has 0 spiro atoms. The summed E-state index contributed by atoms with van der Waals surface area (Å²) >= 11 is 0. The number of methoxy groups -OCH3 is 3. The Bertz CT molecular complexity index is 859. The Balaban J connectivity index is 2.24. The fourth-order valence-corrected chi connectivity index (χ4v) is 2.90. The van der Waals surface area contributed by atoms with Gasteiger partial charge < -0.3 is 29.7 Å². The highest BCUT2D eigenvalue weighted by molar-refractivity contribution is 5.86. The molecule has 168 valence electrons. The summed E-state index contributed by atoms with van der Waals surface area (Å²) in [6.07, 6.45) is 0. The first-order chi connectivity index (χ1) is 14.9. The van der Waals surface area contributed by atoms with Crippen LogP contribution in [0.15, 0.2) is 47.5 Å². The topological polar surface area (TPSA) is 84.4 Å². The van der Waals surface area contributed by atoms with Crippen LogP contribution < -0.4 is 24.8 Å². The van der Waals surface area contributed by atoms with Gasteiger partial charge in [0.1, 0.15) is 0 Å². The van der Waals surface area contributed by atoms with Crippen LogP contribution in [0, 0.1) is 0 Å². The van der Waals surface area contributed by atoms with Crippen LogP contribution in [-0.4, -0.2) is 58.7 Å². The van der Waals surface area contributed by atoms with Crippen molar-refractivity contribution in [3.63, 3.8) is 0 Å². The molecule has 31 heavy (non-hydrogen) atoms. The van der Waals surface area contributed by atoms with E-state index in [0.717, 1.165) is 11.1 Å². The number of hydrogen-bond donors (Lipinski definition) is 2. The minimum absolute atomic E-state index is 0.00171. The molecule has 8 nitrogen and oxygen atoms in total. The fourth-order valence-electron chi connectivity index (χ4n) is 2.90. The molecule has 0 saturated carbocycles. The Hall–Kier alpha value is -3.42. The molecule has 8 heteroatoms. The summed E-state index contributed by atoms with van der Waals surface area (Å²) in [5, 5.41) is 6.47. The molecule has 0 aliphatic heterocycles. The second kappa shape index (κ2) is 11.7. The molecule has 0 heterocycles. The van der Waals surface area contributed by atoms with Gasteiger partial charge in [-0.1, -0.05) is 30.3 Å². The number of rotatable bonds is 9. The van der Waals surface area contributed by atoms with Gasteiger partial charge in [0.2, 0.25) is 11.7 Å². The van der Waals surface area contributed by atoms with Gasteiger partial charge in [0.25, 0.3) is 0 Å². The third-order valence-electron chi connectivity index (χ3n) is 4.70. The van der Waals surface area contributed by atoms with Gasteiger partial charge in [-0.15, -0.1) is 0 Å². The van der Waals surface area contributed by atoms with E-state index in [4.69, 9.17) is 14.2 Å². The van der Waals surface area contributed by atoms with E-state index in [9.17, 15) is 4.79 Å². The van der Waals surface area contributed by atoms with Crippen LogP contribution in [0.5, 0.6) is 17.2 Å². The van der Waals surface area contributed by atoms with Crippen molar-refractivity contribution in [3.05, 3.63) is 53.6 Å². The van der Waals surface area contributed by atoms with Crippen LogP contribution in [-0.2, 0) is 11.3 Å². The van der Waals surface area contributed by atoms with Gasteiger partial charge in [0.15, 0.2) is 17.5 Å². The minimum Gasteiger partial charge on any atom is -0.493 e. The van der Waals surface area contributed by atoms with E-state index in [2.05, 4.69) is 15.6 Å². The molecule has 0 aliphatic carbocycles. The van der Waals surface area contributed by atoms with Crippen molar-refractivity contribution in [2.45, 2.75) is 19.5 Å². The molecule has 1 unspecified atom stereocenters. The first-order valence-electron chi connectivity index (χ1n) is 9.98. The molecule has 0 aromatic heterocycles. The Labute approximate surface area is 184 Å². The standard InChI is InChI=1S/C23H32N4O4/c1-16(18-10-8-7-9-11-18)26-23(25-15-21(28)27(2)3)24-14-17-12-19(29-4)22(31-6)20(13-17)30-5/h7-13,16H,14-15H2,1-6H3,(H2,24,25,26). The normalized spacial score (nSPS) is 12.0. The third kappa shape index (κ3) is 6.80. The maximum Gasteiger partial charge on any atom is 0.241 e. The number of carbonyl (C=O) groups excluding carboxylic acids is 1. The van der Waals surface area contributed by atoms with E-state index in [-0.39, 0.29) is 18.5 Å². The zero-order valence-electron chi connectivity index (χ0n) is 19.1. The number of guanidine groups is 1. The predicted octanol–water partition coefficient (Wildman–Crippen LogP) is 2.60. The quantitative estimate of drug-likeness (QED) is 0.472. The SMILES string of the molecule is COc1cc(CN=C(NCC(=O)N(C)C)NC(C)c2ccccc2)cc(OC)c1OC. The predicted molar refractivity (Wildman–Crippen MR) is 122 cm³/mol.